The van der Waals surface area contributed by atoms with Gasteiger partial charge < -0.3 is 10.2 Å². The Hall–Kier alpha value is -3.29. The first kappa shape index (κ1) is 18.1. The molecule has 1 saturated heterocycles. The van der Waals surface area contributed by atoms with Gasteiger partial charge in [-0.05, 0) is 43.2 Å². The third kappa shape index (κ3) is 3.85. The Morgan fingerprint density at radius 1 is 1.14 bits per heavy atom. The SMILES string of the molecule is O=C(NC1CCCN(c2cc(-c3ccncc3)[nH]n2)C1)c1ccc(F)c(F)c1. The van der Waals surface area contributed by atoms with Gasteiger partial charge in [-0.25, -0.2) is 8.78 Å². The molecular weight excluding hydrogens is 364 g/mol. The Kier molecular flexibility index (Phi) is 5.01. The van der Waals surface area contributed by atoms with Gasteiger partial charge in [-0.15, -0.1) is 0 Å². The molecule has 28 heavy (non-hydrogen) atoms. The van der Waals surface area contributed by atoms with E-state index >= 15 is 0 Å². The number of piperidine rings is 1. The number of hydrogen-bond acceptors (Lipinski definition) is 4. The second-order valence-electron chi connectivity index (χ2n) is 6.76. The van der Waals surface area contributed by atoms with Crippen LogP contribution in [0.4, 0.5) is 14.6 Å². The molecule has 0 aliphatic carbocycles. The maximum absolute atomic E-state index is 13.4. The molecule has 1 unspecified atom stereocenters. The van der Waals surface area contributed by atoms with Crippen molar-refractivity contribution in [2.24, 2.45) is 0 Å². The third-order valence-electron chi connectivity index (χ3n) is 4.82. The second kappa shape index (κ2) is 7.75. The molecule has 6 nitrogen and oxygen atoms in total. The molecule has 3 aromatic rings. The van der Waals surface area contributed by atoms with Crippen LogP contribution in [0.1, 0.15) is 23.2 Å². The lowest BCUT2D eigenvalue weighted by atomic mass is 10.0. The van der Waals surface area contributed by atoms with E-state index in [4.69, 9.17) is 0 Å². The van der Waals surface area contributed by atoms with Crippen LogP contribution >= 0.6 is 0 Å². The molecule has 1 aromatic carbocycles. The maximum atomic E-state index is 13.4. The molecule has 0 bridgehead atoms. The topological polar surface area (TPSA) is 73.9 Å². The number of nitrogens with one attached hydrogen (secondary N) is 2. The zero-order chi connectivity index (χ0) is 19.5. The minimum Gasteiger partial charge on any atom is -0.353 e. The van der Waals surface area contributed by atoms with E-state index in [9.17, 15) is 13.6 Å². The third-order valence-corrected chi connectivity index (χ3v) is 4.82. The second-order valence-corrected chi connectivity index (χ2v) is 6.76. The van der Waals surface area contributed by atoms with E-state index in [1.807, 2.05) is 18.2 Å². The molecule has 1 aliphatic heterocycles. The van der Waals surface area contributed by atoms with Gasteiger partial charge in [-0.1, -0.05) is 0 Å². The quantitative estimate of drug-likeness (QED) is 0.726. The molecule has 0 radical (unpaired) electrons. The average Bonchev–Trinajstić information content (AvgIpc) is 3.21. The first-order chi connectivity index (χ1) is 13.6. The zero-order valence-corrected chi connectivity index (χ0v) is 15.0. The van der Waals surface area contributed by atoms with Crippen LogP contribution in [0.15, 0.2) is 48.8 Å². The molecule has 8 heteroatoms. The molecule has 0 spiro atoms. The van der Waals surface area contributed by atoms with Crippen molar-refractivity contribution in [2.75, 3.05) is 18.0 Å². The fourth-order valence-electron chi connectivity index (χ4n) is 3.36. The van der Waals surface area contributed by atoms with E-state index in [2.05, 4.69) is 25.4 Å². The number of carbonyl (C=O) groups excluding carboxylic acids is 1. The van der Waals surface area contributed by atoms with E-state index in [1.54, 1.807) is 12.4 Å². The van der Waals surface area contributed by atoms with Crippen LogP contribution < -0.4 is 10.2 Å². The number of aromatic amines is 1. The van der Waals surface area contributed by atoms with Crippen molar-refractivity contribution in [3.63, 3.8) is 0 Å². The summed E-state index contributed by atoms with van der Waals surface area (Å²) in [4.78, 5) is 18.5. The molecule has 4 rings (SSSR count). The van der Waals surface area contributed by atoms with Crippen LogP contribution in [0.5, 0.6) is 0 Å². The highest BCUT2D eigenvalue weighted by molar-refractivity contribution is 5.94. The Labute approximate surface area is 160 Å². The van der Waals surface area contributed by atoms with E-state index in [-0.39, 0.29) is 11.6 Å². The van der Waals surface area contributed by atoms with Crippen molar-refractivity contribution in [1.29, 1.82) is 0 Å². The molecular formula is C20H19F2N5O. The molecule has 0 saturated carbocycles. The lowest BCUT2D eigenvalue weighted by Gasteiger charge is -2.33. The number of carbonyl (C=O) groups is 1. The summed E-state index contributed by atoms with van der Waals surface area (Å²) in [6, 6.07) is 8.83. The Morgan fingerprint density at radius 3 is 2.75 bits per heavy atom. The van der Waals surface area contributed by atoms with E-state index in [0.29, 0.717) is 6.54 Å². The lowest BCUT2D eigenvalue weighted by Crippen LogP contribution is -2.48. The number of nitrogens with zero attached hydrogens (tertiary/aromatic N) is 3. The van der Waals surface area contributed by atoms with E-state index < -0.39 is 17.5 Å². The number of pyridine rings is 1. The highest BCUT2D eigenvalue weighted by Crippen LogP contribution is 2.24. The van der Waals surface area contributed by atoms with Crippen LogP contribution in [0.25, 0.3) is 11.3 Å². The molecule has 1 fully saturated rings. The van der Waals surface area contributed by atoms with Crippen LogP contribution in [0.3, 0.4) is 0 Å². The number of aromatic nitrogens is 3. The molecule has 3 heterocycles. The van der Waals surface area contributed by atoms with Crippen molar-refractivity contribution in [3.8, 4) is 11.3 Å². The van der Waals surface area contributed by atoms with Crippen molar-refractivity contribution in [1.82, 2.24) is 20.5 Å². The van der Waals surface area contributed by atoms with Gasteiger partial charge in [0.25, 0.3) is 5.91 Å². The van der Waals surface area contributed by atoms with Crippen LogP contribution in [0.2, 0.25) is 0 Å². The molecule has 1 amide bonds. The standard InChI is InChI=1S/C20H19F2N5O/c21-16-4-3-14(10-17(16)22)20(28)24-15-2-1-9-27(12-15)19-11-18(25-26-19)13-5-7-23-8-6-13/h3-8,10-11,15H,1-2,9,12H2,(H,24,28)(H,25,26). The van der Waals surface area contributed by atoms with Gasteiger partial charge in [-0.3, -0.25) is 14.9 Å². The van der Waals surface area contributed by atoms with E-state index in [1.165, 1.54) is 6.07 Å². The van der Waals surface area contributed by atoms with E-state index in [0.717, 1.165) is 48.6 Å². The monoisotopic (exact) mass is 383 g/mol. The normalized spacial score (nSPS) is 16.8. The molecule has 1 aliphatic rings. The fourth-order valence-corrected chi connectivity index (χ4v) is 3.36. The number of benzene rings is 1. The zero-order valence-electron chi connectivity index (χ0n) is 15.0. The van der Waals surface area contributed by atoms with Gasteiger partial charge in [0.15, 0.2) is 17.5 Å². The summed E-state index contributed by atoms with van der Waals surface area (Å²) in [5.41, 5.74) is 2.00. The fraction of sp³-hybridized carbons (Fsp3) is 0.250. The average molecular weight is 383 g/mol. The molecule has 2 N–H and O–H groups in total. The minimum absolute atomic E-state index is 0.101. The summed E-state index contributed by atoms with van der Waals surface area (Å²) >= 11 is 0. The van der Waals surface area contributed by atoms with Gasteiger partial charge in [0.1, 0.15) is 0 Å². The highest BCUT2D eigenvalue weighted by Gasteiger charge is 2.24. The minimum atomic E-state index is -1.03. The van der Waals surface area contributed by atoms with Crippen molar-refractivity contribution in [2.45, 2.75) is 18.9 Å². The maximum Gasteiger partial charge on any atom is 0.251 e. The van der Waals surface area contributed by atoms with Gasteiger partial charge in [-0.2, -0.15) is 5.10 Å². The number of amides is 1. The van der Waals surface area contributed by atoms with Crippen molar-refractivity contribution in [3.05, 3.63) is 66.0 Å². The van der Waals surface area contributed by atoms with Gasteiger partial charge in [0.05, 0.1) is 5.69 Å². The molecule has 1 atom stereocenters. The first-order valence-electron chi connectivity index (χ1n) is 9.07. The van der Waals surface area contributed by atoms with Crippen LogP contribution in [-0.2, 0) is 0 Å². The van der Waals surface area contributed by atoms with Crippen LogP contribution in [0, 0.1) is 11.6 Å². The van der Waals surface area contributed by atoms with Crippen molar-refractivity contribution >= 4 is 11.7 Å². The van der Waals surface area contributed by atoms with Gasteiger partial charge in [0.2, 0.25) is 0 Å². The number of rotatable bonds is 4. The number of H-pyrrole nitrogens is 1. The Bertz CT molecular complexity index is 976. The predicted octanol–water partition coefficient (Wildman–Crippen LogP) is 3.15. The number of anilines is 1. The Balaban J connectivity index is 1.42. The predicted molar refractivity (Wildman–Crippen MR) is 101 cm³/mol. The lowest BCUT2D eigenvalue weighted by molar-refractivity contribution is 0.0932. The smallest absolute Gasteiger partial charge is 0.251 e. The molecule has 2 aromatic heterocycles. The number of halogens is 2. The summed E-state index contributed by atoms with van der Waals surface area (Å²) in [5, 5.41) is 10.3. The largest absolute Gasteiger partial charge is 0.353 e. The summed E-state index contributed by atoms with van der Waals surface area (Å²) in [6.45, 7) is 1.42. The summed E-state index contributed by atoms with van der Waals surface area (Å²) < 4.78 is 26.4. The van der Waals surface area contributed by atoms with Crippen molar-refractivity contribution < 1.29 is 13.6 Å². The highest BCUT2D eigenvalue weighted by atomic mass is 19.2. The summed E-state index contributed by atoms with van der Waals surface area (Å²) in [7, 11) is 0. The summed E-state index contributed by atoms with van der Waals surface area (Å²) in [6.07, 6.45) is 5.15. The van der Waals surface area contributed by atoms with Gasteiger partial charge >= 0.3 is 0 Å². The molecule has 144 valence electrons. The Morgan fingerprint density at radius 2 is 1.96 bits per heavy atom. The van der Waals surface area contributed by atoms with Crippen LogP contribution in [-0.4, -0.2) is 40.2 Å². The van der Waals surface area contributed by atoms with Gasteiger partial charge in [0, 0.05) is 48.7 Å². The first-order valence-corrected chi connectivity index (χ1v) is 9.07. The number of hydrogen-bond donors (Lipinski definition) is 2. The summed E-state index contributed by atoms with van der Waals surface area (Å²) in [5.74, 6) is -1.61.